The summed E-state index contributed by atoms with van der Waals surface area (Å²) in [6.07, 6.45) is 0. The van der Waals surface area contributed by atoms with Gasteiger partial charge in [0, 0.05) is 6.04 Å². The zero-order valence-corrected chi connectivity index (χ0v) is 8.47. The third-order valence-corrected chi connectivity index (χ3v) is 1.75. The predicted octanol–water partition coefficient (Wildman–Crippen LogP) is -1.46. The molecule has 0 aliphatic rings. The SMILES string of the molecule is CC(C)N(CC(N)=O)C(=O)c1nn[nH]n1. The molecule has 3 N–H and O–H groups in total. The first kappa shape index (κ1) is 11.1. The van der Waals surface area contributed by atoms with Gasteiger partial charge in [-0.05, 0) is 19.1 Å². The zero-order valence-electron chi connectivity index (χ0n) is 8.47. The number of rotatable bonds is 4. The molecule has 15 heavy (non-hydrogen) atoms. The van der Waals surface area contributed by atoms with Crippen LogP contribution in [0.3, 0.4) is 0 Å². The topological polar surface area (TPSA) is 118 Å². The van der Waals surface area contributed by atoms with Crippen LogP contribution >= 0.6 is 0 Å². The van der Waals surface area contributed by atoms with Gasteiger partial charge >= 0.3 is 0 Å². The first-order valence-electron chi connectivity index (χ1n) is 4.35. The number of nitrogens with two attached hydrogens (primary N) is 1. The van der Waals surface area contributed by atoms with E-state index in [0.29, 0.717) is 0 Å². The van der Waals surface area contributed by atoms with Gasteiger partial charge in [0.2, 0.25) is 5.91 Å². The van der Waals surface area contributed by atoms with E-state index in [0.717, 1.165) is 0 Å². The number of nitrogens with one attached hydrogen (secondary N) is 1. The molecule has 82 valence electrons. The normalized spacial score (nSPS) is 10.3. The van der Waals surface area contributed by atoms with E-state index < -0.39 is 11.8 Å². The molecule has 0 spiro atoms. The lowest BCUT2D eigenvalue weighted by Crippen LogP contribution is -2.43. The second-order valence-electron chi connectivity index (χ2n) is 3.23. The molecule has 1 heterocycles. The molecule has 0 aromatic carbocycles. The molecule has 1 aromatic rings. The molecule has 0 saturated carbocycles. The van der Waals surface area contributed by atoms with Gasteiger partial charge in [-0.3, -0.25) is 9.59 Å². The van der Waals surface area contributed by atoms with Crippen molar-refractivity contribution in [3.8, 4) is 0 Å². The first-order valence-corrected chi connectivity index (χ1v) is 4.35. The van der Waals surface area contributed by atoms with Crippen molar-refractivity contribution in [2.45, 2.75) is 19.9 Å². The molecule has 1 aromatic heterocycles. The molecule has 0 fully saturated rings. The van der Waals surface area contributed by atoms with Crippen LogP contribution in [0.4, 0.5) is 0 Å². The predicted molar refractivity (Wildman–Crippen MR) is 49.5 cm³/mol. The van der Waals surface area contributed by atoms with Gasteiger partial charge in [0.05, 0.1) is 6.54 Å². The Kier molecular flexibility index (Phi) is 3.32. The van der Waals surface area contributed by atoms with E-state index in [2.05, 4.69) is 20.6 Å². The van der Waals surface area contributed by atoms with Gasteiger partial charge in [-0.1, -0.05) is 0 Å². The van der Waals surface area contributed by atoms with Crippen LogP contribution in [0, 0.1) is 0 Å². The van der Waals surface area contributed by atoms with Crippen molar-refractivity contribution >= 4 is 11.8 Å². The van der Waals surface area contributed by atoms with Crippen molar-refractivity contribution < 1.29 is 9.59 Å². The van der Waals surface area contributed by atoms with Gasteiger partial charge < -0.3 is 10.6 Å². The average Bonchev–Trinajstić information content (AvgIpc) is 2.65. The van der Waals surface area contributed by atoms with Crippen molar-refractivity contribution in [2.75, 3.05) is 6.54 Å². The molecule has 0 aliphatic heterocycles. The summed E-state index contributed by atoms with van der Waals surface area (Å²) in [5, 5.41) is 12.5. The molecule has 1 rings (SSSR count). The number of carbonyl (C=O) groups excluding carboxylic acids is 2. The highest BCUT2D eigenvalue weighted by Gasteiger charge is 2.23. The van der Waals surface area contributed by atoms with Crippen LogP contribution in [0.25, 0.3) is 0 Å². The van der Waals surface area contributed by atoms with Crippen LogP contribution in [-0.4, -0.2) is 49.9 Å². The molecule has 0 aliphatic carbocycles. The first-order chi connectivity index (χ1) is 7.02. The van der Waals surface area contributed by atoms with E-state index >= 15 is 0 Å². The minimum absolute atomic E-state index is 0.0787. The number of carbonyl (C=O) groups is 2. The molecular formula is C7H12N6O2. The summed E-state index contributed by atoms with van der Waals surface area (Å²) in [6, 6.07) is -0.163. The minimum Gasteiger partial charge on any atom is -0.368 e. The third kappa shape index (κ3) is 2.73. The van der Waals surface area contributed by atoms with Gasteiger partial charge in [0.1, 0.15) is 0 Å². The molecule has 2 amide bonds. The molecule has 0 bridgehead atoms. The summed E-state index contributed by atoms with van der Waals surface area (Å²) in [7, 11) is 0. The number of hydrogen-bond acceptors (Lipinski definition) is 5. The van der Waals surface area contributed by atoms with E-state index in [1.165, 1.54) is 4.90 Å². The number of amides is 2. The van der Waals surface area contributed by atoms with Gasteiger partial charge in [-0.2, -0.15) is 5.21 Å². The molecule has 8 heteroatoms. The second-order valence-corrected chi connectivity index (χ2v) is 3.23. The number of aromatic amines is 1. The molecule has 0 atom stereocenters. The fourth-order valence-corrected chi connectivity index (χ4v) is 1.04. The van der Waals surface area contributed by atoms with E-state index in [-0.39, 0.29) is 18.4 Å². The summed E-state index contributed by atoms with van der Waals surface area (Å²) < 4.78 is 0. The Morgan fingerprint density at radius 3 is 2.60 bits per heavy atom. The number of tetrazole rings is 1. The van der Waals surface area contributed by atoms with Crippen molar-refractivity contribution in [3.63, 3.8) is 0 Å². The van der Waals surface area contributed by atoms with Gasteiger partial charge in [0.25, 0.3) is 11.7 Å². The van der Waals surface area contributed by atoms with E-state index in [1.807, 2.05) is 0 Å². The van der Waals surface area contributed by atoms with Crippen LogP contribution in [0.1, 0.15) is 24.5 Å². The van der Waals surface area contributed by atoms with Crippen molar-refractivity contribution in [3.05, 3.63) is 5.82 Å². The van der Waals surface area contributed by atoms with E-state index in [9.17, 15) is 9.59 Å². The average molecular weight is 212 g/mol. The maximum atomic E-state index is 11.7. The third-order valence-electron chi connectivity index (χ3n) is 1.75. The summed E-state index contributed by atoms with van der Waals surface area (Å²) >= 11 is 0. The summed E-state index contributed by atoms with van der Waals surface area (Å²) in [6.45, 7) is 3.37. The Morgan fingerprint density at radius 1 is 1.53 bits per heavy atom. The highest BCUT2D eigenvalue weighted by atomic mass is 16.2. The maximum absolute atomic E-state index is 11.7. The summed E-state index contributed by atoms with van der Waals surface area (Å²) in [4.78, 5) is 23.7. The van der Waals surface area contributed by atoms with Gasteiger partial charge in [-0.15, -0.1) is 10.2 Å². The quantitative estimate of drug-likeness (QED) is 0.632. The number of aromatic nitrogens is 4. The van der Waals surface area contributed by atoms with Crippen molar-refractivity contribution in [1.82, 2.24) is 25.5 Å². The Labute approximate surface area is 85.8 Å². The fraction of sp³-hybridized carbons (Fsp3) is 0.571. The lowest BCUT2D eigenvalue weighted by molar-refractivity contribution is -0.119. The number of primary amides is 1. The Morgan fingerprint density at radius 2 is 2.20 bits per heavy atom. The van der Waals surface area contributed by atoms with Gasteiger partial charge in [-0.25, -0.2) is 0 Å². The van der Waals surface area contributed by atoms with E-state index in [4.69, 9.17) is 5.73 Å². The summed E-state index contributed by atoms with van der Waals surface area (Å²) in [5.74, 6) is -1.14. The molecule has 0 radical (unpaired) electrons. The van der Waals surface area contributed by atoms with Crippen LogP contribution in [-0.2, 0) is 4.79 Å². The van der Waals surface area contributed by atoms with Crippen LogP contribution in [0.15, 0.2) is 0 Å². The van der Waals surface area contributed by atoms with Gasteiger partial charge in [0.15, 0.2) is 0 Å². The summed E-state index contributed by atoms with van der Waals surface area (Å²) in [5.41, 5.74) is 5.03. The number of H-pyrrole nitrogens is 1. The Balaban J connectivity index is 2.81. The lowest BCUT2D eigenvalue weighted by atomic mass is 10.3. The fourth-order valence-electron chi connectivity index (χ4n) is 1.04. The van der Waals surface area contributed by atoms with Crippen molar-refractivity contribution in [1.29, 1.82) is 0 Å². The molecule has 0 saturated heterocycles. The van der Waals surface area contributed by atoms with Crippen molar-refractivity contribution in [2.24, 2.45) is 5.73 Å². The Bertz CT molecular complexity index is 346. The largest absolute Gasteiger partial charge is 0.368 e. The minimum atomic E-state index is -0.583. The highest BCUT2D eigenvalue weighted by molar-refractivity contribution is 5.93. The van der Waals surface area contributed by atoms with Crippen LogP contribution in [0.5, 0.6) is 0 Å². The number of hydrogen-bond donors (Lipinski definition) is 2. The molecule has 8 nitrogen and oxygen atoms in total. The van der Waals surface area contributed by atoms with Crippen LogP contribution in [0.2, 0.25) is 0 Å². The lowest BCUT2D eigenvalue weighted by Gasteiger charge is -2.23. The maximum Gasteiger partial charge on any atom is 0.296 e. The smallest absolute Gasteiger partial charge is 0.296 e. The molecule has 0 unspecified atom stereocenters. The van der Waals surface area contributed by atoms with E-state index in [1.54, 1.807) is 13.8 Å². The number of nitrogens with zero attached hydrogens (tertiary/aromatic N) is 4. The van der Waals surface area contributed by atoms with Crippen LogP contribution < -0.4 is 5.73 Å². The zero-order chi connectivity index (χ0) is 11.4. The monoisotopic (exact) mass is 212 g/mol. The standard InChI is InChI=1S/C7H12N6O2/c1-4(2)13(3-5(8)14)7(15)6-9-11-12-10-6/h4H,3H2,1-2H3,(H2,8,14)(H,9,10,11,12). The Hall–Kier alpha value is -1.99. The second kappa shape index (κ2) is 4.49. The molecular weight excluding hydrogens is 200 g/mol. The highest BCUT2D eigenvalue weighted by Crippen LogP contribution is 2.02.